The maximum atomic E-state index is 10.5. The number of hydrogen-bond donors (Lipinski definition) is 2. The van der Waals surface area contributed by atoms with Crippen LogP contribution in [-0.4, -0.2) is 18.9 Å². The van der Waals surface area contributed by atoms with E-state index < -0.39 is 26.7 Å². The third-order valence-corrected chi connectivity index (χ3v) is 2.01. The molecule has 0 bridgehead atoms. The molecule has 0 unspecified atom stereocenters. The Bertz CT molecular complexity index is 403. The molecular formula is C5H5NO5S. The molecule has 0 atom stereocenters. The van der Waals surface area contributed by atoms with Gasteiger partial charge in [0, 0.05) is 0 Å². The highest BCUT2D eigenvalue weighted by molar-refractivity contribution is 7.86. The normalized spacial score (nSPS) is 11.4. The van der Waals surface area contributed by atoms with E-state index in [1.54, 1.807) is 0 Å². The first-order valence-electron chi connectivity index (χ1n) is 2.77. The van der Waals surface area contributed by atoms with Crippen molar-refractivity contribution in [3.05, 3.63) is 18.1 Å². The van der Waals surface area contributed by atoms with Crippen LogP contribution in [0.1, 0.15) is 10.6 Å². The summed E-state index contributed by atoms with van der Waals surface area (Å²) in [6, 6.07) is 0.940. The van der Waals surface area contributed by atoms with Crippen LogP contribution in [0.25, 0.3) is 0 Å². The van der Waals surface area contributed by atoms with Crippen molar-refractivity contribution in [2.24, 2.45) is 5.73 Å². The van der Waals surface area contributed by atoms with Gasteiger partial charge >= 0.3 is 0 Å². The Morgan fingerprint density at radius 1 is 1.58 bits per heavy atom. The lowest BCUT2D eigenvalue weighted by molar-refractivity contribution is 0.0969. The van der Waals surface area contributed by atoms with Crippen LogP contribution in [0.2, 0.25) is 0 Å². The lowest BCUT2D eigenvalue weighted by Crippen LogP contribution is -2.13. The lowest BCUT2D eigenvalue weighted by atomic mass is 10.4. The largest absolute Gasteiger partial charge is 0.458 e. The van der Waals surface area contributed by atoms with E-state index in [2.05, 4.69) is 4.42 Å². The molecule has 1 rings (SSSR count). The standard InChI is InChI=1S/C5H5NO5S/c6-5(7)4-3(1-2-11-4)12(8,9)10/h1-2H,(H2,6,7)(H,8,9,10). The second kappa shape index (κ2) is 2.61. The van der Waals surface area contributed by atoms with E-state index in [9.17, 15) is 13.2 Å². The molecule has 0 saturated heterocycles. The summed E-state index contributed by atoms with van der Waals surface area (Å²) >= 11 is 0. The Morgan fingerprint density at radius 2 is 2.17 bits per heavy atom. The van der Waals surface area contributed by atoms with Gasteiger partial charge in [0.05, 0.1) is 6.26 Å². The maximum absolute atomic E-state index is 10.5. The minimum absolute atomic E-state index is 0.572. The van der Waals surface area contributed by atoms with E-state index >= 15 is 0 Å². The molecule has 3 N–H and O–H groups in total. The van der Waals surface area contributed by atoms with Crippen LogP contribution in [0.5, 0.6) is 0 Å². The number of primary amides is 1. The minimum atomic E-state index is -4.43. The molecule has 1 aromatic heterocycles. The van der Waals surface area contributed by atoms with Gasteiger partial charge in [0.15, 0.2) is 0 Å². The minimum Gasteiger partial charge on any atom is -0.458 e. The molecule has 0 spiro atoms. The van der Waals surface area contributed by atoms with Crippen molar-refractivity contribution in [3.8, 4) is 0 Å². The van der Waals surface area contributed by atoms with Crippen LogP contribution < -0.4 is 5.73 Å². The summed E-state index contributed by atoms with van der Waals surface area (Å²) < 4.78 is 34.0. The fourth-order valence-corrected chi connectivity index (χ4v) is 1.29. The Hall–Kier alpha value is -1.34. The molecule has 0 saturated carbocycles. The third kappa shape index (κ3) is 1.46. The van der Waals surface area contributed by atoms with E-state index in [0.29, 0.717) is 0 Å². The molecule has 66 valence electrons. The molecule has 0 aliphatic heterocycles. The zero-order valence-corrected chi connectivity index (χ0v) is 6.54. The van der Waals surface area contributed by atoms with Crippen LogP contribution in [0.15, 0.2) is 21.6 Å². The highest BCUT2D eigenvalue weighted by Gasteiger charge is 2.21. The number of furan rings is 1. The molecule has 6 nitrogen and oxygen atoms in total. The number of rotatable bonds is 2. The Labute approximate surface area is 67.7 Å². The quantitative estimate of drug-likeness (QED) is 0.619. The number of nitrogens with two attached hydrogens (primary N) is 1. The second-order valence-electron chi connectivity index (χ2n) is 1.95. The predicted octanol–water partition coefficient (Wildman–Crippen LogP) is -0.375. The van der Waals surface area contributed by atoms with Gasteiger partial charge in [-0.25, -0.2) is 0 Å². The fraction of sp³-hybridized carbons (Fsp3) is 0. The summed E-state index contributed by atoms with van der Waals surface area (Å²) in [5.74, 6) is -1.62. The molecule has 1 amide bonds. The molecule has 0 radical (unpaired) electrons. The summed E-state index contributed by atoms with van der Waals surface area (Å²) in [4.78, 5) is 9.87. The van der Waals surface area contributed by atoms with Gasteiger partial charge in [-0.2, -0.15) is 8.42 Å². The van der Waals surface area contributed by atoms with E-state index in [1.165, 1.54) is 0 Å². The van der Waals surface area contributed by atoms with Gasteiger partial charge in [-0.15, -0.1) is 0 Å². The molecule has 7 heteroatoms. The number of carbonyl (C=O) groups excluding carboxylic acids is 1. The Kier molecular flexibility index (Phi) is 1.90. The number of carbonyl (C=O) groups is 1. The highest BCUT2D eigenvalue weighted by atomic mass is 32.2. The third-order valence-electron chi connectivity index (χ3n) is 1.13. The summed E-state index contributed by atoms with van der Waals surface area (Å²) in [6.45, 7) is 0. The van der Waals surface area contributed by atoms with E-state index in [-0.39, 0.29) is 0 Å². The van der Waals surface area contributed by atoms with Crippen LogP contribution in [-0.2, 0) is 10.1 Å². The second-order valence-corrected chi connectivity index (χ2v) is 3.34. The summed E-state index contributed by atoms with van der Waals surface area (Å²) in [7, 11) is -4.43. The molecule has 1 aromatic rings. The SMILES string of the molecule is NC(=O)c1occc1S(=O)(=O)O. The smallest absolute Gasteiger partial charge is 0.298 e. The number of hydrogen-bond acceptors (Lipinski definition) is 4. The molecule has 0 aromatic carbocycles. The topological polar surface area (TPSA) is 111 Å². The van der Waals surface area contributed by atoms with E-state index in [0.717, 1.165) is 12.3 Å². The van der Waals surface area contributed by atoms with Crippen molar-refractivity contribution >= 4 is 16.0 Å². The molecular weight excluding hydrogens is 186 g/mol. The average Bonchev–Trinajstić information content (AvgIpc) is 2.30. The van der Waals surface area contributed by atoms with Crippen LogP contribution in [0.3, 0.4) is 0 Å². The van der Waals surface area contributed by atoms with E-state index in [4.69, 9.17) is 10.3 Å². The molecule has 1 heterocycles. The zero-order chi connectivity index (χ0) is 9.35. The van der Waals surface area contributed by atoms with Crippen molar-refractivity contribution < 1.29 is 22.2 Å². The van der Waals surface area contributed by atoms with Gasteiger partial charge in [-0.05, 0) is 6.07 Å². The van der Waals surface area contributed by atoms with E-state index in [1.807, 2.05) is 0 Å². The summed E-state index contributed by atoms with van der Waals surface area (Å²) in [5.41, 5.74) is 4.75. The van der Waals surface area contributed by atoms with Crippen molar-refractivity contribution in [2.45, 2.75) is 4.90 Å². The Morgan fingerprint density at radius 3 is 2.50 bits per heavy atom. The van der Waals surface area contributed by atoms with Crippen LogP contribution >= 0.6 is 0 Å². The van der Waals surface area contributed by atoms with Crippen molar-refractivity contribution in [2.75, 3.05) is 0 Å². The summed E-state index contributed by atoms with van der Waals surface area (Å²) in [6.07, 6.45) is 0.948. The summed E-state index contributed by atoms with van der Waals surface area (Å²) in [5, 5.41) is 0. The van der Waals surface area contributed by atoms with Crippen LogP contribution in [0.4, 0.5) is 0 Å². The first-order valence-corrected chi connectivity index (χ1v) is 4.21. The molecule has 12 heavy (non-hydrogen) atoms. The lowest BCUT2D eigenvalue weighted by Gasteiger charge is -1.92. The monoisotopic (exact) mass is 191 g/mol. The highest BCUT2D eigenvalue weighted by Crippen LogP contribution is 2.15. The fourth-order valence-electron chi connectivity index (χ4n) is 0.680. The molecule has 0 fully saturated rings. The van der Waals surface area contributed by atoms with Crippen molar-refractivity contribution in [3.63, 3.8) is 0 Å². The van der Waals surface area contributed by atoms with Gasteiger partial charge in [0.25, 0.3) is 16.0 Å². The Balaban J connectivity index is 3.36. The van der Waals surface area contributed by atoms with Gasteiger partial charge in [-0.1, -0.05) is 0 Å². The van der Waals surface area contributed by atoms with Gasteiger partial charge in [0.2, 0.25) is 5.76 Å². The predicted molar refractivity (Wildman–Crippen MR) is 37.0 cm³/mol. The van der Waals surface area contributed by atoms with Crippen molar-refractivity contribution in [1.29, 1.82) is 0 Å². The van der Waals surface area contributed by atoms with Crippen LogP contribution in [0, 0.1) is 0 Å². The first kappa shape index (κ1) is 8.75. The molecule has 0 aliphatic rings. The van der Waals surface area contributed by atoms with Crippen molar-refractivity contribution in [1.82, 2.24) is 0 Å². The first-order chi connectivity index (χ1) is 5.43. The molecule has 0 aliphatic carbocycles. The van der Waals surface area contributed by atoms with Gasteiger partial charge in [-0.3, -0.25) is 9.35 Å². The van der Waals surface area contributed by atoms with Gasteiger partial charge in [0.1, 0.15) is 4.90 Å². The zero-order valence-electron chi connectivity index (χ0n) is 5.72. The average molecular weight is 191 g/mol. The van der Waals surface area contributed by atoms with Gasteiger partial charge < -0.3 is 10.2 Å². The maximum Gasteiger partial charge on any atom is 0.298 e. The number of amides is 1.